The molecule has 12 atom stereocenters. The van der Waals surface area contributed by atoms with Gasteiger partial charge in [0, 0.05) is 22.8 Å². The number of hydrogen-bond acceptors (Lipinski definition) is 7. The summed E-state index contributed by atoms with van der Waals surface area (Å²) in [5.41, 5.74) is -2.33. The van der Waals surface area contributed by atoms with Gasteiger partial charge in [0.05, 0.1) is 18.1 Å². The molecule has 2 aliphatic heterocycles. The number of esters is 2. The maximum Gasteiger partial charge on any atom is 0.331 e. The number of hydrogen-bond donors (Lipinski definition) is 2. The van der Waals surface area contributed by atoms with Crippen LogP contribution in [-0.2, 0) is 19.1 Å². The summed E-state index contributed by atoms with van der Waals surface area (Å²) in [6.45, 7) is 14.1. The molecule has 2 N–H and O–H groups in total. The lowest BCUT2D eigenvalue weighted by Crippen LogP contribution is -2.75. The molecule has 4 saturated carbocycles. The van der Waals surface area contributed by atoms with Gasteiger partial charge in [-0.05, 0) is 110 Å². The Morgan fingerprint density at radius 3 is 2.51 bits per heavy atom. The summed E-state index contributed by atoms with van der Waals surface area (Å²) in [5.74, 6) is 0.532. The fraction of sp³-hybridized carbons (Fsp3) is 0.700. The topological polar surface area (TPSA) is 102 Å². The minimum absolute atomic E-state index is 0.0359. The van der Waals surface area contributed by atoms with Crippen molar-refractivity contribution in [1.82, 2.24) is 0 Å². The van der Waals surface area contributed by atoms with E-state index in [1.807, 2.05) is 0 Å². The van der Waals surface area contributed by atoms with Crippen molar-refractivity contribution in [2.45, 2.75) is 105 Å². The zero-order valence-electron chi connectivity index (χ0n) is 29.3. The molecule has 0 amide bonds. The summed E-state index contributed by atoms with van der Waals surface area (Å²) < 4.78 is 18.1. The van der Waals surface area contributed by atoms with Gasteiger partial charge in [-0.3, -0.25) is 4.79 Å². The molecule has 0 unspecified atom stereocenters. The first kappa shape index (κ1) is 32.7. The number of rotatable bonds is 4. The average molecular weight is 647 g/mol. The van der Waals surface area contributed by atoms with Crippen molar-refractivity contribution < 1.29 is 34.0 Å². The van der Waals surface area contributed by atoms with Gasteiger partial charge in [0.25, 0.3) is 0 Å². The monoisotopic (exact) mass is 646 g/mol. The zero-order valence-corrected chi connectivity index (χ0v) is 29.3. The highest BCUT2D eigenvalue weighted by atomic mass is 16.6. The normalized spacial score (nSPS) is 48.4. The smallest absolute Gasteiger partial charge is 0.331 e. The highest BCUT2D eigenvalue weighted by Gasteiger charge is 2.76. The Labute approximate surface area is 280 Å². The van der Waals surface area contributed by atoms with E-state index in [4.69, 9.17) is 14.2 Å². The molecule has 256 valence electrons. The second-order valence-electron chi connectivity index (χ2n) is 17.3. The average Bonchev–Trinajstić information content (AvgIpc) is 3.03. The van der Waals surface area contributed by atoms with Gasteiger partial charge >= 0.3 is 11.9 Å². The molecule has 7 heteroatoms. The summed E-state index contributed by atoms with van der Waals surface area (Å²) >= 11 is 0. The molecule has 2 saturated heterocycles. The Kier molecular flexibility index (Phi) is 7.38. The Morgan fingerprint density at radius 1 is 1.00 bits per heavy atom. The maximum absolute atomic E-state index is 14.6. The van der Waals surface area contributed by atoms with Crippen LogP contribution in [0.4, 0.5) is 0 Å². The third kappa shape index (κ3) is 4.20. The van der Waals surface area contributed by atoms with Gasteiger partial charge in [0.1, 0.15) is 12.7 Å². The van der Waals surface area contributed by atoms with Crippen molar-refractivity contribution in [3.05, 3.63) is 42.0 Å². The molecule has 2 heterocycles. The van der Waals surface area contributed by atoms with Gasteiger partial charge in [-0.2, -0.15) is 0 Å². The van der Waals surface area contributed by atoms with Gasteiger partial charge in [0.15, 0.2) is 11.5 Å². The van der Waals surface area contributed by atoms with Crippen molar-refractivity contribution in [3.63, 3.8) is 0 Å². The number of benzene rings is 1. The molecule has 1 aromatic rings. The minimum Gasteiger partial charge on any atom is -0.504 e. The molecule has 5 aliphatic carbocycles. The quantitative estimate of drug-likeness (QED) is 0.199. The van der Waals surface area contributed by atoms with E-state index in [2.05, 4.69) is 53.7 Å². The van der Waals surface area contributed by atoms with E-state index in [-0.39, 0.29) is 58.2 Å². The van der Waals surface area contributed by atoms with Crippen LogP contribution in [0.3, 0.4) is 0 Å². The Hall–Kier alpha value is -2.80. The Morgan fingerprint density at radius 2 is 1.77 bits per heavy atom. The third-order valence-corrected chi connectivity index (χ3v) is 15.7. The largest absolute Gasteiger partial charge is 0.504 e. The summed E-state index contributed by atoms with van der Waals surface area (Å²) in [7, 11) is 1.49. The van der Waals surface area contributed by atoms with E-state index < -0.39 is 28.5 Å². The van der Waals surface area contributed by atoms with Crippen LogP contribution in [0.25, 0.3) is 6.08 Å². The van der Waals surface area contributed by atoms with Crippen LogP contribution < -0.4 is 4.74 Å². The number of phenolic OH excluding ortho intramolecular Hbond substituents is 1. The lowest BCUT2D eigenvalue weighted by Gasteiger charge is -2.74. The fourth-order valence-corrected chi connectivity index (χ4v) is 12.7. The van der Waals surface area contributed by atoms with Crippen LogP contribution in [-0.4, -0.2) is 47.6 Å². The lowest BCUT2D eigenvalue weighted by molar-refractivity contribution is -0.289. The number of methoxy groups -OCH3 is 1. The Balaban J connectivity index is 1.28. The van der Waals surface area contributed by atoms with Crippen molar-refractivity contribution >= 4 is 18.0 Å². The molecule has 0 radical (unpaired) electrons. The summed E-state index contributed by atoms with van der Waals surface area (Å²) in [6, 6.07) is 4.92. The van der Waals surface area contributed by atoms with Crippen LogP contribution in [0.2, 0.25) is 0 Å². The highest BCUT2D eigenvalue weighted by Crippen LogP contribution is 2.77. The SMILES string of the molecule is COc1cc(/C=C/C(=O)O[C@H]2CC[C@@]3(C)[C@H]4CC[C@]5(C)[C@@H]3C=C[C@]3(O)[C@@H]6[C@@H](C)[C@H](C)CC[C@@]6(CC[C@]35C)C(=O)OC[C@]42C)ccc1O. The number of fused-ring (bicyclic) bond motifs is 4. The molecule has 7 nitrogen and oxygen atoms in total. The van der Waals surface area contributed by atoms with Gasteiger partial charge in [-0.15, -0.1) is 0 Å². The number of carbonyl (C=O) groups is 2. The van der Waals surface area contributed by atoms with E-state index in [1.54, 1.807) is 18.2 Å². The first-order valence-electron chi connectivity index (χ1n) is 17.9. The van der Waals surface area contributed by atoms with Gasteiger partial charge in [-0.1, -0.05) is 59.8 Å². The van der Waals surface area contributed by atoms with E-state index >= 15 is 0 Å². The number of phenols is 1. The van der Waals surface area contributed by atoms with Crippen molar-refractivity contribution in [3.8, 4) is 11.5 Å². The molecule has 1 aromatic carbocycles. The fourth-order valence-electron chi connectivity index (χ4n) is 12.7. The standard InChI is InChI=1S/C40H54O7/c1-24-12-18-39-21-20-38(6)37(5)17-13-29-35(3,30(37)14-19-40(38,44)33(39)25(24)2)16-15-31(36(29,4)23-46-34(39)43)47-32(42)11-9-26-8-10-27(41)28(22-26)45-7/h8-11,14,19,22,24-25,29-31,33,41,44H,12-13,15-18,20-21,23H2,1-7H3/b11-9+/t24-,25+,29-,30-,31+,33-,35+,36-,37-,38+,39+,40+/m1/s1. The van der Waals surface area contributed by atoms with E-state index in [1.165, 1.54) is 19.3 Å². The van der Waals surface area contributed by atoms with Crippen LogP contribution in [0.15, 0.2) is 36.4 Å². The van der Waals surface area contributed by atoms with Crippen molar-refractivity contribution in [1.29, 1.82) is 0 Å². The summed E-state index contributed by atoms with van der Waals surface area (Å²) in [5, 5.41) is 23.1. The summed E-state index contributed by atoms with van der Waals surface area (Å²) in [4.78, 5) is 28.1. The third-order valence-electron chi connectivity index (χ3n) is 15.7. The maximum atomic E-state index is 14.6. The molecular formula is C40H54O7. The first-order valence-corrected chi connectivity index (χ1v) is 17.9. The predicted octanol–water partition coefficient (Wildman–Crippen LogP) is 7.49. The summed E-state index contributed by atoms with van der Waals surface area (Å²) in [6.07, 6.45) is 13.9. The van der Waals surface area contributed by atoms with Crippen molar-refractivity contribution in [2.24, 2.45) is 56.7 Å². The molecule has 6 fully saturated rings. The second-order valence-corrected chi connectivity index (χ2v) is 17.3. The second kappa shape index (κ2) is 10.6. The van der Waals surface area contributed by atoms with Gasteiger partial charge in [-0.25, -0.2) is 4.79 Å². The van der Waals surface area contributed by atoms with Gasteiger partial charge < -0.3 is 24.4 Å². The van der Waals surface area contributed by atoms with Crippen LogP contribution in [0.5, 0.6) is 11.5 Å². The highest BCUT2D eigenvalue weighted by molar-refractivity contribution is 5.87. The first-order chi connectivity index (χ1) is 22.1. The van der Waals surface area contributed by atoms with E-state index in [9.17, 15) is 19.8 Å². The molecule has 8 rings (SSSR count). The Bertz CT molecular complexity index is 1530. The number of carbonyl (C=O) groups excluding carboxylic acids is 2. The van der Waals surface area contributed by atoms with E-state index in [0.717, 1.165) is 44.9 Å². The number of allylic oxidation sites excluding steroid dienone is 1. The molecular weight excluding hydrogens is 592 g/mol. The molecule has 1 spiro atoms. The molecule has 0 aromatic heterocycles. The zero-order chi connectivity index (χ0) is 33.8. The molecule has 7 aliphatic rings. The molecule has 7 bridgehead atoms. The number of aromatic hydroxyl groups is 1. The van der Waals surface area contributed by atoms with Crippen molar-refractivity contribution in [2.75, 3.05) is 13.7 Å². The number of ether oxygens (including phenoxy) is 3. The van der Waals surface area contributed by atoms with Crippen LogP contribution in [0.1, 0.15) is 98.5 Å². The van der Waals surface area contributed by atoms with E-state index in [0.29, 0.717) is 23.7 Å². The van der Waals surface area contributed by atoms with Gasteiger partial charge in [0.2, 0.25) is 0 Å². The molecule has 47 heavy (non-hydrogen) atoms. The minimum atomic E-state index is -1.09. The lowest BCUT2D eigenvalue weighted by atomic mass is 9.31. The number of aliphatic hydroxyl groups is 1. The van der Waals surface area contributed by atoms with Crippen LogP contribution in [0, 0.1) is 56.7 Å². The van der Waals surface area contributed by atoms with Crippen LogP contribution >= 0.6 is 0 Å². The predicted molar refractivity (Wildman–Crippen MR) is 179 cm³/mol.